The molecule has 1 aromatic heterocycles. The van der Waals surface area contributed by atoms with E-state index in [4.69, 9.17) is 9.63 Å². The number of rotatable bonds is 6. The molecule has 0 unspecified atom stereocenters. The molecular formula is C17H22N4O3. The van der Waals surface area contributed by atoms with Gasteiger partial charge in [0.1, 0.15) is 6.61 Å². The summed E-state index contributed by atoms with van der Waals surface area (Å²) in [6.07, 6.45) is 1.68. The average molecular weight is 330 g/mol. The topological polar surface area (TPSA) is 82.7 Å². The third-order valence-electron chi connectivity index (χ3n) is 4.23. The smallest absolute Gasteiger partial charge is 0.248 e. The molecule has 0 saturated carbocycles. The highest BCUT2D eigenvalue weighted by Gasteiger charge is 2.20. The van der Waals surface area contributed by atoms with Gasteiger partial charge in [0.15, 0.2) is 0 Å². The summed E-state index contributed by atoms with van der Waals surface area (Å²) in [5.41, 5.74) is 0.956. The maximum absolute atomic E-state index is 11.4. The Bertz CT molecular complexity index is 651. The maximum Gasteiger partial charge on any atom is 0.248 e. The van der Waals surface area contributed by atoms with Crippen molar-refractivity contribution in [2.24, 2.45) is 0 Å². The number of hydrogen-bond donors (Lipinski definition) is 1. The zero-order chi connectivity index (χ0) is 16.8. The van der Waals surface area contributed by atoms with Crippen LogP contribution in [-0.4, -0.2) is 70.3 Å². The first kappa shape index (κ1) is 16.6. The Morgan fingerprint density at radius 3 is 2.62 bits per heavy atom. The van der Waals surface area contributed by atoms with Crippen LogP contribution in [-0.2, 0) is 11.2 Å². The van der Waals surface area contributed by atoms with Crippen molar-refractivity contribution in [3.63, 3.8) is 0 Å². The van der Waals surface area contributed by atoms with E-state index in [0.29, 0.717) is 24.8 Å². The predicted octanol–water partition coefficient (Wildman–Crippen LogP) is 0.806. The van der Waals surface area contributed by atoms with E-state index in [2.05, 4.69) is 15.0 Å². The Morgan fingerprint density at radius 2 is 1.92 bits per heavy atom. The molecule has 2 aromatic rings. The molecule has 1 aliphatic rings. The summed E-state index contributed by atoms with van der Waals surface area (Å²) < 4.78 is 5.31. The summed E-state index contributed by atoms with van der Waals surface area (Å²) in [6.45, 7) is 3.57. The molecule has 0 bridgehead atoms. The van der Waals surface area contributed by atoms with Crippen LogP contribution in [0.5, 0.6) is 0 Å². The minimum Gasteiger partial charge on any atom is -0.387 e. The standard InChI is InChI=1S/C17H22N4O3/c22-13-16(23)21-11-9-20(10-12-21)8-4-7-15-18-17(19-24-15)14-5-2-1-3-6-14/h1-3,5-6,22H,4,7-13H2. The lowest BCUT2D eigenvalue weighted by atomic mass is 10.2. The Kier molecular flexibility index (Phi) is 5.55. The number of hydrogen-bond acceptors (Lipinski definition) is 6. The molecule has 24 heavy (non-hydrogen) atoms. The average Bonchev–Trinajstić information content (AvgIpc) is 3.11. The molecule has 7 nitrogen and oxygen atoms in total. The maximum atomic E-state index is 11.4. The van der Waals surface area contributed by atoms with E-state index in [1.165, 1.54) is 0 Å². The molecule has 0 atom stereocenters. The van der Waals surface area contributed by atoms with Crippen LogP contribution in [0.1, 0.15) is 12.3 Å². The predicted molar refractivity (Wildman–Crippen MR) is 88.2 cm³/mol. The van der Waals surface area contributed by atoms with Gasteiger partial charge >= 0.3 is 0 Å². The summed E-state index contributed by atoms with van der Waals surface area (Å²) in [5.74, 6) is 1.10. The van der Waals surface area contributed by atoms with Crippen LogP contribution in [0.25, 0.3) is 11.4 Å². The van der Waals surface area contributed by atoms with Gasteiger partial charge in [0.2, 0.25) is 17.6 Å². The lowest BCUT2D eigenvalue weighted by Gasteiger charge is -2.34. The fourth-order valence-corrected chi connectivity index (χ4v) is 2.84. The van der Waals surface area contributed by atoms with Gasteiger partial charge in [0, 0.05) is 38.2 Å². The van der Waals surface area contributed by atoms with Gasteiger partial charge in [0.05, 0.1) is 0 Å². The van der Waals surface area contributed by atoms with Gasteiger partial charge < -0.3 is 14.5 Å². The fraction of sp³-hybridized carbons (Fsp3) is 0.471. The fourth-order valence-electron chi connectivity index (χ4n) is 2.84. The molecule has 0 spiro atoms. The van der Waals surface area contributed by atoms with Crippen LogP contribution in [0.2, 0.25) is 0 Å². The minimum atomic E-state index is -0.402. The highest BCUT2D eigenvalue weighted by molar-refractivity contribution is 5.77. The monoisotopic (exact) mass is 330 g/mol. The van der Waals surface area contributed by atoms with Crippen LogP contribution < -0.4 is 0 Å². The lowest BCUT2D eigenvalue weighted by Crippen LogP contribution is -2.49. The number of nitrogens with zero attached hydrogens (tertiary/aromatic N) is 4. The molecule has 1 aliphatic heterocycles. The summed E-state index contributed by atoms with van der Waals surface area (Å²) in [7, 11) is 0. The highest BCUT2D eigenvalue weighted by atomic mass is 16.5. The molecule has 1 aromatic carbocycles. The Labute approximate surface area is 140 Å². The van der Waals surface area contributed by atoms with Crippen molar-refractivity contribution in [1.82, 2.24) is 19.9 Å². The molecule has 7 heteroatoms. The van der Waals surface area contributed by atoms with E-state index < -0.39 is 6.61 Å². The molecule has 1 amide bonds. The molecule has 0 radical (unpaired) electrons. The number of aliphatic hydroxyl groups excluding tert-OH is 1. The van der Waals surface area contributed by atoms with Crippen molar-refractivity contribution in [3.05, 3.63) is 36.2 Å². The third kappa shape index (κ3) is 4.18. The Morgan fingerprint density at radius 1 is 1.17 bits per heavy atom. The molecule has 0 aliphatic carbocycles. The Hall–Kier alpha value is -2.25. The number of aromatic nitrogens is 2. The van der Waals surface area contributed by atoms with Crippen LogP contribution in [0.4, 0.5) is 0 Å². The molecule has 1 fully saturated rings. The van der Waals surface area contributed by atoms with Crippen molar-refractivity contribution >= 4 is 5.91 Å². The number of benzene rings is 1. The second-order valence-corrected chi connectivity index (χ2v) is 5.86. The lowest BCUT2D eigenvalue weighted by molar-refractivity contribution is -0.135. The number of aliphatic hydroxyl groups is 1. The second kappa shape index (κ2) is 8.03. The van der Waals surface area contributed by atoms with Crippen molar-refractivity contribution < 1.29 is 14.4 Å². The van der Waals surface area contributed by atoms with Gasteiger partial charge in [-0.25, -0.2) is 0 Å². The van der Waals surface area contributed by atoms with Crippen molar-refractivity contribution in [2.45, 2.75) is 12.8 Å². The van der Waals surface area contributed by atoms with Crippen LogP contribution in [0.3, 0.4) is 0 Å². The van der Waals surface area contributed by atoms with Gasteiger partial charge in [-0.3, -0.25) is 9.69 Å². The van der Waals surface area contributed by atoms with Crippen LogP contribution in [0.15, 0.2) is 34.9 Å². The molecule has 128 valence electrons. The van der Waals surface area contributed by atoms with E-state index >= 15 is 0 Å². The first-order valence-electron chi connectivity index (χ1n) is 8.25. The van der Waals surface area contributed by atoms with E-state index in [0.717, 1.165) is 38.0 Å². The largest absolute Gasteiger partial charge is 0.387 e. The number of carbonyl (C=O) groups is 1. The zero-order valence-electron chi connectivity index (χ0n) is 13.6. The van der Waals surface area contributed by atoms with Gasteiger partial charge in [-0.1, -0.05) is 35.5 Å². The zero-order valence-corrected chi connectivity index (χ0v) is 13.6. The summed E-state index contributed by atoms with van der Waals surface area (Å²) in [4.78, 5) is 19.9. The van der Waals surface area contributed by atoms with E-state index in [1.54, 1.807) is 4.90 Å². The number of carbonyl (C=O) groups excluding carboxylic acids is 1. The van der Waals surface area contributed by atoms with Gasteiger partial charge in [0.25, 0.3) is 0 Å². The van der Waals surface area contributed by atoms with E-state index in [9.17, 15) is 4.79 Å². The number of piperazine rings is 1. The second-order valence-electron chi connectivity index (χ2n) is 5.86. The number of aryl methyl sites for hydroxylation is 1. The van der Waals surface area contributed by atoms with Gasteiger partial charge in [-0.2, -0.15) is 4.98 Å². The summed E-state index contributed by atoms with van der Waals surface area (Å²) in [6, 6.07) is 9.78. The first-order chi connectivity index (χ1) is 11.8. The van der Waals surface area contributed by atoms with Gasteiger partial charge in [-0.05, 0) is 13.0 Å². The van der Waals surface area contributed by atoms with Crippen LogP contribution >= 0.6 is 0 Å². The normalized spacial score (nSPS) is 15.6. The molecule has 2 heterocycles. The van der Waals surface area contributed by atoms with E-state index in [1.807, 2.05) is 30.3 Å². The molecule has 3 rings (SSSR count). The first-order valence-corrected chi connectivity index (χ1v) is 8.25. The van der Waals surface area contributed by atoms with E-state index in [-0.39, 0.29) is 5.91 Å². The summed E-state index contributed by atoms with van der Waals surface area (Å²) in [5, 5.41) is 12.9. The Balaban J connectivity index is 1.41. The summed E-state index contributed by atoms with van der Waals surface area (Å²) >= 11 is 0. The highest BCUT2D eigenvalue weighted by Crippen LogP contribution is 2.15. The minimum absolute atomic E-state index is 0.186. The SMILES string of the molecule is O=C(CO)N1CCN(CCCc2nc(-c3ccccc3)no2)CC1. The third-order valence-corrected chi connectivity index (χ3v) is 4.23. The van der Waals surface area contributed by atoms with Crippen molar-refractivity contribution in [3.8, 4) is 11.4 Å². The van der Waals surface area contributed by atoms with Crippen LogP contribution in [0, 0.1) is 0 Å². The molecule has 1 saturated heterocycles. The number of amides is 1. The molecule has 1 N–H and O–H groups in total. The quantitative estimate of drug-likeness (QED) is 0.844. The van der Waals surface area contributed by atoms with Crippen molar-refractivity contribution in [2.75, 3.05) is 39.3 Å². The van der Waals surface area contributed by atoms with Crippen molar-refractivity contribution in [1.29, 1.82) is 0 Å². The molecular weight excluding hydrogens is 308 g/mol. The van der Waals surface area contributed by atoms with Gasteiger partial charge in [-0.15, -0.1) is 0 Å².